The molecule has 0 aliphatic rings. The van der Waals surface area contributed by atoms with Gasteiger partial charge in [0.05, 0.1) is 5.71 Å². The van der Waals surface area contributed by atoms with E-state index in [4.69, 9.17) is 5.21 Å². The minimum atomic E-state index is 0.561. The third-order valence-corrected chi connectivity index (χ3v) is 3.04. The van der Waals surface area contributed by atoms with Gasteiger partial charge in [0.15, 0.2) is 0 Å². The van der Waals surface area contributed by atoms with Crippen LogP contribution in [0.2, 0.25) is 0 Å². The number of hydrogen-bond acceptors (Lipinski definition) is 2. The lowest BCUT2D eigenvalue weighted by molar-refractivity contribution is 0.319. The van der Waals surface area contributed by atoms with E-state index in [1.54, 1.807) is 0 Å². The lowest BCUT2D eigenvalue weighted by Gasteiger charge is -2.08. The van der Waals surface area contributed by atoms with Crippen molar-refractivity contribution in [1.82, 2.24) is 0 Å². The summed E-state index contributed by atoms with van der Waals surface area (Å²) in [7, 11) is 0. The zero-order valence-corrected chi connectivity index (χ0v) is 10.2. The van der Waals surface area contributed by atoms with Crippen LogP contribution in [0.5, 0.6) is 0 Å². The molecule has 1 aromatic rings. The predicted molar refractivity (Wildman–Crippen MR) is 62.8 cm³/mol. The highest BCUT2D eigenvalue weighted by Gasteiger charge is 2.06. The van der Waals surface area contributed by atoms with Gasteiger partial charge in [0.2, 0.25) is 0 Å². The molecule has 0 unspecified atom stereocenters. The van der Waals surface area contributed by atoms with E-state index in [0.717, 1.165) is 5.56 Å². The van der Waals surface area contributed by atoms with Gasteiger partial charge in [0.1, 0.15) is 0 Å². The van der Waals surface area contributed by atoms with Crippen molar-refractivity contribution in [1.29, 1.82) is 0 Å². The topological polar surface area (TPSA) is 32.6 Å². The summed E-state index contributed by atoms with van der Waals surface area (Å²) in [6.45, 7) is 6.22. The van der Waals surface area contributed by atoms with Crippen molar-refractivity contribution in [3.8, 4) is 0 Å². The molecule has 1 rings (SSSR count). The van der Waals surface area contributed by atoms with E-state index < -0.39 is 0 Å². The SMILES string of the molecule is Cc1cc(C(CBr)=NO)cc(C)c1C. The average molecular weight is 256 g/mol. The molecule has 0 aromatic heterocycles. The van der Waals surface area contributed by atoms with E-state index in [-0.39, 0.29) is 0 Å². The molecule has 1 aromatic carbocycles. The highest BCUT2D eigenvalue weighted by atomic mass is 79.9. The Balaban J connectivity index is 3.25. The van der Waals surface area contributed by atoms with Crippen LogP contribution in [0, 0.1) is 20.8 Å². The number of hydrogen-bond donors (Lipinski definition) is 1. The molecule has 3 heteroatoms. The second-order valence-corrected chi connectivity index (χ2v) is 3.98. The molecular formula is C11H14BrNO. The van der Waals surface area contributed by atoms with Gasteiger partial charge in [-0.05, 0) is 49.6 Å². The highest BCUT2D eigenvalue weighted by molar-refractivity contribution is 9.09. The van der Waals surface area contributed by atoms with Gasteiger partial charge in [-0.2, -0.15) is 0 Å². The fourth-order valence-electron chi connectivity index (χ4n) is 1.36. The molecule has 0 amide bonds. The van der Waals surface area contributed by atoms with Gasteiger partial charge in [-0.3, -0.25) is 0 Å². The number of benzene rings is 1. The average Bonchev–Trinajstić information content (AvgIpc) is 2.16. The minimum absolute atomic E-state index is 0.561. The van der Waals surface area contributed by atoms with Crippen molar-refractivity contribution in [2.24, 2.45) is 5.16 Å². The molecular weight excluding hydrogens is 242 g/mol. The summed E-state index contributed by atoms with van der Waals surface area (Å²) in [5.41, 5.74) is 5.38. The van der Waals surface area contributed by atoms with Crippen LogP contribution >= 0.6 is 15.9 Å². The lowest BCUT2D eigenvalue weighted by atomic mass is 9.99. The van der Waals surface area contributed by atoms with Gasteiger partial charge in [-0.25, -0.2) is 0 Å². The normalized spacial score (nSPS) is 11.9. The molecule has 0 fully saturated rings. The quantitative estimate of drug-likeness (QED) is 0.375. The molecule has 0 heterocycles. The maximum Gasteiger partial charge on any atom is 0.0973 e. The first-order valence-electron chi connectivity index (χ1n) is 4.45. The number of rotatable bonds is 2. The molecule has 0 aliphatic heterocycles. The van der Waals surface area contributed by atoms with E-state index in [1.165, 1.54) is 16.7 Å². The Kier molecular flexibility index (Phi) is 3.69. The molecule has 1 N–H and O–H groups in total. The zero-order valence-electron chi connectivity index (χ0n) is 8.63. The Morgan fingerprint density at radius 3 is 2.14 bits per heavy atom. The Morgan fingerprint density at radius 1 is 1.29 bits per heavy atom. The third-order valence-electron chi connectivity index (χ3n) is 2.51. The van der Waals surface area contributed by atoms with Crippen LogP contribution in [0.1, 0.15) is 22.3 Å². The minimum Gasteiger partial charge on any atom is -0.411 e. The molecule has 0 saturated carbocycles. The van der Waals surface area contributed by atoms with E-state index in [0.29, 0.717) is 11.0 Å². The van der Waals surface area contributed by atoms with Crippen molar-refractivity contribution >= 4 is 21.6 Å². The van der Waals surface area contributed by atoms with Crippen molar-refractivity contribution in [3.05, 3.63) is 34.4 Å². The van der Waals surface area contributed by atoms with E-state index in [2.05, 4.69) is 41.9 Å². The van der Waals surface area contributed by atoms with E-state index in [9.17, 15) is 0 Å². The Hall–Kier alpha value is -0.830. The highest BCUT2D eigenvalue weighted by Crippen LogP contribution is 2.16. The van der Waals surface area contributed by atoms with Crippen LogP contribution in [0.4, 0.5) is 0 Å². The summed E-state index contributed by atoms with van der Waals surface area (Å²) in [6, 6.07) is 4.08. The summed E-state index contributed by atoms with van der Waals surface area (Å²) in [6.07, 6.45) is 0. The Morgan fingerprint density at radius 2 is 1.79 bits per heavy atom. The molecule has 2 nitrogen and oxygen atoms in total. The van der Waals surface area contributed by atoms with Gasteiger partial charge in [0, 0.05) is 10.9 Å². The van der Waals surface area contributed by atoms with Crippen molar-refractivity contribution in [2.75, 3.05) is 5.33 Å². The first-order valence-corrected chi connectivity index (χ1v) is 5.57. The first-order chi connectivity index (χ1) is 6.60. The number of alkyl halides is 1. The molecule has 0 spiro atoms. The third kappa shape index (κ3) is 2.15. The Bertz CT molecular complexity index is 349. The van der Waals surface area contributed by atoms with Gasteiger partial charge in [0.25, 0.3) is 0 Å². The monoisotopic (exact) mass is 255 g/mol. The molecule has 0 atom stereocenters. The molecule has 0 radical (unpaired) electrons. The van der Waals surface area contributed by atoms with Crippen molar-refractivity contribution in [3.63, 3.8) is 0 Å². The fraction of sp³-hybridized carbons (Fsp3) is 0.364. The fourth-order valence-corrected chi connectivity index (χ4v) is 1.80. The van der Waals surface area contributed by atoms with Crippen LogP contribution in [0.15, 0.2) is 17.3 Å². The van der Waals surface area contributed by atoms with Crippen LogP contribution in [0.3, 0.4) is 0 Å². The lowest BCUT2D eigenvalue weighted by Crippen LogP contribution is -2.04. The second-order valence-electron chi connectivity index (χ2n) is 3.42. The maximum absolute atomic E-state index is 8.79. The maximum atomic E-state index is 8.79. The standard InChI is InChI=1S/C11H14BrNO/c1-7-4-10(11(6-12)13-14)5-8(2)9(7)3/h4-5,14H,6H2,1-3H3. The first kappa shape index (κ1) is 11.2. The van der Waals surface area contributed by atoms with Crippen LogP contribution in [0.25, 0.3) is 0 Å². The van der Waals surface area contributed by atoms with Gasteiger partial charge in [-0.15, -0.1) is 0 Å². The zero-order chi connectivity index (χ0) is 10.7. The number of halogens is 1. The summed E-state index contributed by atoms with van der Waals surface area (Å²) in [4.78, 5) is 0. The summed E-state index contributed by atoms with van der Waals surface area (Å²) in [5, 5.41) is 12.6. The summed E-state index contributed by atoms with van der Waals surface area (Å²) in [5.74, 6) is 0. The number of oxime groups is 1. The van der Waals surface area contributed by atoms with Crippen LogP contribution in [-0.4, -0.2) is 16.2 Å². The largest absolute Gasteiger partial charge is 0.411 e. The van der Waals surface area contributed by atoms with E-state index >= 15 is 0 Å². The van der Waals surface area contributed by atoms with E-state index in [1.807, 2.05) is 12.1 Å². The molecule has 14 heavy (non-hydrogen) atoms. The Labute approximate surface area is 92.8 Å². The predicted octanol–water partition coefficient (Wildman–Crippen LogP) is 3.19. The smallest absolute Gasteiger partial charge is 0.0973 e. The second kappa shape index (κ2) is 4.60. The van der Waals surface area contributed by atoms with Crippen molar-refractivity contribution in [2.45, 2.75) is 20.8 Å². The number of aryl methyl sites for hydroxylation is 2. The molecule has 0 saturated heterocycles. The molecule has 0 bridgehead atoms. The van der Waals surface area contributed by atoms with Gasteiger partial charge in [-0.1, -0.05) is 21.1 Å². The summed E-state index contributed by atoms with van der Waals surface area (Å²) < 4.78 is 0. The summed E-state index contributed by atoms with van der Waals surface area (Å²) >= 11 is 3.29. The van der Waals surface area contributed by atoms with Crippen LogP contribution in [-0.2, 0) is 0 Å². The van der Waals surface area contributed by atoms with Gasteiger partial charge < -0.3 is 5.21 Å². The van der Waals surface area contributed by atoms with Crippen LogP contribution < -0.4 is 0 Å². The van der Waals surface area contributed by atoms with Gasteiger partial charge >= 0.3 is 0 Å². The van der Waals surface area contributed by atoms with Crippen molar-refractivity contribution < 1.29 is 5.21 Å². The molecule has 0 aliphatic carbocycles. The molecule has 76 valence electrons. The number of nitrogens with zero attached hydrogens (tertiary/aromatic N) is 1.